The largest absolute Gasteiger partial charge is 0.380 e. The van der Waals surface area contributed by atoms with Crippen LogP contribution in [0.25, 0.3) is 0 Å². The predicted octanol–water partition coefficient (Wildman–Crippen LogP) is 3.55. The molecule has 3 aliphatic rings. The number of rotatable bonds is 4. The molecule has 1 N–H and O–H groups in total. The van der Waals surface area contributed by atoms with E-state index in [-0.39, 0.29) is 11.7 Å². The molecule has 0 unspecified atom stereocenters. The van der Waals surface area contributed by atoms with Gasteiger partial charge in [0.2, 0.25) is 0 Å². The normalized spacial score (nSPS) is 20.0. The highest BCUT2D eigenvalue weighted by molar-refractivity contribution is 6.09. The molecule has 5 rings (SSSR count). The number of amides is 1. The second-order valence-corrected chi connectivity index (χ2v) is 9.22. The Bertz CT molecular complexity index is 1030. The van der Waals surface area contributed by atoms with E-state index < -0.39 is 5.60 Å². The van der Waals surface area contributed by atoms with Crippen LogP contribution < -0.4 is 4.90 Å². The summed E-state index contributed by atoms with van der Waals surface area (Å²) in [5, 5.41) is 10.1. The average molecular weight is 431 g/mol. The highest BCUT2D eigenvalue weighted by atomic mass is 16.3. The van der Waals surface area contributed by atoms with Gasteiger partial charge in [0.25, 0.3) is 5.91 Å². The third-order valence-electron chi connectivity index (χ3n) is 7.06. The Kier molecular flexibility index (Phi) is 5.60. The van der Waals surface area contributed by atoms with E-state index in [1.165, 1.54) is 11.1 Å². The fourth-order valence-electron chi connectivity index (χ4n) is 4.83. The Hall–Kier alpha value is -2.92. The number of carbonyl (C=O) groups is 2. The summed E-state index contributed by atoms with van der Waals surface area (Å²) in [5.41, 5.74) is 4.34. The molecule has 2 heterocycles. The third kappa shape index (κ3) is 4.22. The summed E-state index contributed by atoms with van der Waals surface area (Å²) in [6, 6.07) is 16.6. The second kappa shape index (κ2) is 8.55. The molecule has 32 heavy (non-hydrogen) atoms. The Morgan fingerprint density at radius 1 is 0.812 bits per heavy atom. The quantitative estimate of drug-likeness (QED) is 0.754. The lowest BCUT2D eigenvalue weighted by molar-refractivity contribution is -0.142. The van der Waals surface area contributed by atoms with E-state index in [2.05, 4.69) is 41.3 Å². The third-order valence-corrected chi connectivity index (χ3v) is 7.06. The number of anilines is 1. The van der Waals surface area contributed by atoms with Gasteiger partial charge in [0.05, 0.1) is 0 Å². The minimum absolute atomic E-state index is 0.0410. The summed E-state index contributed by atoms with van der Waals surface area (Å²) in [7, 11) is 0. The zero-order valence-electron chi connectivity index (χ0n) is 18.4. The Labute approximate surface area is 189 Å². The molecule has 1 amide bonds. The van der Waals surface area contributed by atoms with E-state index in [4.69, 9.17) is 0 Å². The smallest absolute Gasteiger partial charge is 0.254 e. The average Bonchev–Trinajstić information content (AvgIpc) is 3.64. The maximum atomic E-state index is 13.1. The molecule has 0 aromatic heterocycles. The van der Waals surface area contributed by atoms with Gasteiger partial charge in [0.1, 0.15) is 5.60 Å². The van der Waals surface area contributed by atoms with Crippen molar-refractivity contribution in [2.45, 2.75) is 44.1 Å². The highest BCUT2D eigenvalue weighted by Crippen LogP contribution is 2.37. The lowest BCUT2D eigenvalue weighted by atomic mass is 10.00. The minimum atomic E-state index is -1.14. The molecule has 2 aromatic rings. The molecule has 0 atom stereocenters. The molecule has 0 radical (unpaired) electrons. The summed E-state index contributed by atoms with van der Waals surface area (Å²) in [6.07, 6.45) is 6.32. The van der Waals surface area contributed by atoms with Gasteiger partial charge in [-0.05, 0) is 79.5 Å². The lowest BCUT2D eigenvalue weighted by Crippen LogP contribution is -2.41. The molecule has 166 valence electrons. The predicted molar refractivity (Wildman–Crippen MR) is 125 cm³/mol. The van der Waals surface area contributed by atoms with Crippen LogP contribution in [0.5, 0.6) is 0 Å². The van der Waals surface area contributed by atoms with Gasteiger partial charge in [-0.1, -0.05) is 30.3 Å². The van der Waals surface area contributed by atoms with Crippen molar-refractivity contribution >= 4 is 17.4 Å². The van der Waals surface area contributed by atoms with Crippen molar-refractivity contribution in [3.05, 3.63) is 76.9 Å². The number of benzene rings is 2. The fraction of sp³-hybridized carbons (Fsp3) is 0.407. The highest BCUT2D eigenvalue weighted by Gasteiger charge is 2.50. The van der Waals surface area contributed by atoms with Gasteiger partial charge in [-0.2, -0.15) is 0 Å². The van der Waals surface area contributed by atoms with Crippen molar-refractivity contribution in [1.29, 1.82) is 0 Å². The van der Waals surface area contributed by atoms with Crippen LogP contribution in [0.15, 0.2) is 60.2 Å². The Morgan fingerprint density at radius 3 is 2.09 bits per heavy atom. The summed E-state index contributed by atoms with van der Waals surface area (Å²) in [6.45, 7) is 3.01. The second-order valence-electron chi connectivity index (χ2n) is 9.22. The molecule has 5 heteroatoms. The van der Waals surface area contributed by atoms with Crippen molar-refractivity contribution in [2.24, 2.45) is 0 Å². The lowest BCUT2D eigenvalue weighted by Gasteiger charge is -2.23. The molecule has 0 bridgehead atoms. The number of aliphatic hydroxyl groups is 1. The molecule has 0 saturated heterocycles. The molecule has 5 nitrogen and oxygen atoms in total. The zero-order valence-corrected chi connectivity index (χ0v) is 18.4. The van der Waals surface area contributed by atoms with Gasteiger partial charge in [0.15, 0.2) is 5.78 Å². The first kappa shape index (κ1) is 21.0. The standard InChI is InChI=1S/C27H30N2O3/c30-25(22-6-3-16-29(19-13-22)26(31)27(32)14-15-27)23-7-9-24(10-8-23)28-17-11-20-4-1-2-5-21(20)12-18-28/h1-2,4-10,32H,3,11-19H2. The van der Waals surface area contributed by atoms with E-state index in [0.717, 1.165) is 37.2 Å². The van der Waals surface area contributed by atoms with Crippen LogP contribution in [0.4, 0.5) is 5.69 Å². The van der Waals surface area contributed by atoms with Crippen LogP contribution in [0.3, 0.4) is 0 Å². The maximum absolute atomic E-state index is 13.1. The maximum Gasteiger partial charge on any atom is 0.254 e. The molecule has 2 aromatic carbocycles. The molecular weight excluding hydrogens is 400 g/mol. The molecule has 1 aliphatic carbocycles. The molecule has 1 fully saturated rings. The topological polar surface area (TPSA) is 60.9 Å². The molecule has 2 aliphatic heterocycles. The van der Waals surface area contributed by atoms with Gasteiger partial charge in [-0.3, -0.25) is 9.59 Å². The van der Waals surface area contributed by atoms with Crippen molar-refractivity contribution in [2.75, 3.05) is 31.1 Å². The fourth-order valence-corrected chi connectivity index (χ4v) is 4.83. The first-order valence-electron chi connectivity index (χ1n) is 11.7. The molecule has 0 spiro atoms. The van der Waals surface area contributed by atoms with Gasteiger partial charge in [-0.15, -0.1) is 0 Å². The summed E-state index contributed by atoms with van der Waals surface area (Å²) < 4.78 is 0. The summed E-state index contributed by atoms with van der Waals surface area (Å²) >= 11 is 0. The minimum Gasteiger partial charge on any atom is -0.380 e. The molecular formula is C27H30N2O3. The number of ketones is 1. The van der Waals surface area contributed by atoms with E-state index in [9.17, 15) is 14.7 Å². The summed E-state index contributed by atoms with van der Waals surface area (Å²) in [5.74, 6) is -0.136. The monoisotopic (exact) mass is 430 g/mol. The van der Waals surface area contributed by atoms with Crippen LogP contribution in [-0.2, 0) is 17.6 Å². The first-order chi connectivity index (χ1) is 15.5. The zero-order chi connectivity index (χ0) is 22.1. The van der Waals surface area contributed by atoms with Gasteiger partial charge in [-0.25, -0.2) is 0 Å². The Morgan fingerprint density at radius 2 is 1.47 bits per heavy atom. The van der Waals surface area contributed by atoms with E-state index in [1.54, 1.807) is 4.90 Å². The summed E-state index contributed by atoms with van der Waals surface area (Å²) in [4.78, 5) is 29.6. The van der Waals surface area contributed by atoms with E-state index in [1.807, 2.05) is 18.2 Å². The van der Waals surface area contributed by atoms with Crippen molar-refractivity contribution in [3.8, 4) is 0 Å². The van der Waals surface area contributed by atoms with Crippen LogP contribution >= 0.6 is 0 Å². The number of hydrogen-bond donors (Lipinski definition) is 1. The molecule has 1 saturated carbocycles. The van der Waals surface area contributed by atoms with E-state index in [0.29, 0.717) is 44.3 Å². The number of fused-ring (bicyclic) bond motifs is 1. The van der Waals surface area contributed by atoms with Gasteiger partial charge < -0.3 is 14.9 Å². The number of nitrogens with zero attached hydrogens (tertiary/aromatic N) is 2. The van der Waals surface area contributed by atoms with Crippen molar-refractivity contribution in [3.63, 3.8) is 0 Å². The van der Waals surface area contributed by atoms with E-state index >= 15 is 0 Å². The van der Waals surface area contributed by atoms with Crippen LogP contribution in [0.2, 0.25) is 0 Å². The Balaban J connectivity index is 1.22. The van der Waals surface area contributed by atoms with Gasteiger partial charge >= 0.3 is 0 Å². The van der Waals surface area contributed by atoms with Gasteiger partial charge in [0, 0.05) is 37.4 Å². The van der Waals surface area contributed by atoms with Crippen LogP contribution in [0.1, 0.15) is 47.2 Å². The number of hydrogen-bond acceptors (Lipinski definition) is 4. The van der Waals surface area contributed by atoms with Crippen LogP contribution in [-0.4, -0.2) is 53.5 Å². The van der Waals surface area contributed by atoms with Crippen LogP contribution in [0, 0.1) is 0 Å². The SMILES string of the molecule is O=C(C1=CCCN(C(=O)C2(O)CC2)CC1)c1ccc(N2CCc3ccccc3CC2)cc1. The van der Waals surface area contributed by atoms with Crippen molar-refractivity contribution < 1.29 is 14.7 Å². The first-order valence-corrected chi connectivity index (χ1v) is 11.7. The number of carbonyl (C=O) groups excluding carboxylic acids is 2. The van der Waals surface area contributed by atoms with Crippen molar-refractivity contribution in [1.82, 2.24) is 4.90 Å². The number of Topliss-reactive ketones (excluding diaryl/α,β-unsaturated/α-hetero) is 1.